The van der Waals surface area contributed by atoms with Crippen molar-refractivity contribution in [2.45, 2.75) is 6.43 Å². The van der Waals surface area contributed by atoms with Crippen molar-refractivity contribution in [3.05, 3.63) is 23.5 Å². The van der Waals surface area contributed by atoms with E-state index in [1.165, 1.54) is 19.2 Å². The van der Waals surface area contributed by atoms with E-state index in [0.29, 0.717) is 0 Å². The maximum absolute atomic E-state index is 12.4. The van der Waals surface area contributed by atoms with Crippen LogP contribution in [-0.2, 0) is 0 Å². The van der Waals surface area contributed by atoms with Crippen molar-refractivity contribution >= 4 is 5.91 Å². The van der Waals surface area contributed by atoms with Gasteiger partial charge in [0.2, 0.25) is 0 Å². The lowest BCUT2D eigenvalue weighted by atomic mass is 10.2. The monoisotopic (exact) mass is 202 g/mol. The molecule has 1 rings (SSSR count). The molecule has 0 aliphatic heterocycles. The molecule has 6 heteroatoms. The van der Waals surface area contributed by atoms with Gasteiger partial charge in [0, 0.05) is 0 Å². The van der Waals surface area contributed by atoms with Gasteiger partial charge in [-0.15, -0.1) is 0 Å². The third-order valence-electron chi connectivity index (χ3n) is 1.56. The number of aromatic nitrogens is 1. The van der Waals surface area contributed by atoms with E-state index >= 15 is 0 Å². The number of hydrogen-bond acceptors (Lipinski definition) is 3. The van der Waals surface area contributed by atoms with Crippen molar-refractivity contribution in [1.29, 1.82) is 0 Å². The summed E-state index contributed by atoms with van der Waals surface area (Å²) < 4.78 is 29.4. The van der Waals surface area contributed by atoms with Crippen LogP contribution in [-0.4, -0.2) is 18.0 Å². The van der Waals surface area contributed by atoms with E-state index in [1.54, 1.807) is 0 Å². The fraction of sp³-hybridized carbons (Fsp3) is 0.250. The number of alkyl halides is 2. The average molecular weight is 202 g/mol. The molecule has 2 N–H and O–H groups in total. The highest BCUT2D eigenvalue weighted by atomic mass is 19.3. The van der Waals surface area contributed by atoms with Crippen molar-refractivity contribution < 1.29 is 18.3 Å². The molecule has 0 unspecified atom stereocenters. The Morgan fingerprint density at radius 1 is 1.57 bits per heavy atom. The normalized spacial score (nSPS) is 10.3. The summed E-state index contributed by atoms with van der Waals surface area (Å²) in [5, 5.41) is 0. The van der Waals surface area contributed by atoms with Crippen molar-refractivity contribution in [2.75, 3.05) is 7.11 Å². The maximum Gasteiger partial charge on any atom is 0.284 e. The molecule has 0 spiro atoms. The molecule has 1 aromatic rings. The number of carbonyl (C=O) groups excluding carboxylic acids is 1. The quantitative estimate of drug-likeness (QED) is 0.798. The molecular formula is C8H8F2N2O2. The Morgan fingerprint density at radius 2 is 2.21 bits per heavy atom. The lowest BCUT2D eigenvalue weighted by Crippen LogP contribution is -2.14. The number of pyridine rings is 1. The molecule has 14 heavy (non-hydrogen) atoms. The van der Waals surface area contributed by atoms with Gasteiger partial charge in [-0.05, 0) is 12.1 Å². The van der Waals surface area contributed by atoms with Gasteiger partial charge in [0.05, 0.1) is 7.11 Å². The van der Waals surface area contributed by atoms with Gasteiger partial charge in [0.1, 0.15) is 17.1 Å². The van der Waals surface area contributed by atoms with Gasteiger partial charge in [0.25, 0.3) is 12.3 Å². The number of primary amides is 1. The molecule has 76 valence electrons. The summed E-state index contributed by atoms with van der Waals surface area (Å²) in [6.45, 7) is 0. The number of hydrogen-bond donors (Lipinski definition) is 1. The Hall–Kier alpha value is -1.72. The van der Waals surface area contributed by atoms with E-state index in [9.17, 15) is 13.6 Å². The number of nitrogens with zero attached hydrogens (tertiary/aromatic N) is 1. The zero-order valence-electron chi connectivity index (χ0n) is 7.33. The van der Waals surface area contributed by atoms with E-state index < -0.39 is 18.0 Å². The Labute approximate surface area is 78.7 Å². The second kappa shape index (κ2) is 3.99. The topological polar surface area (TPSA) is 65.2 Å². The van der Waals surface area contributed by atoms with Crippen molar-refractivity contribution in [3.8, 4) is 5.75 Å². The minimum atomic E-state index is -2.80. The van der Waals surface area contributed by atoms with Crippen LogP contribution < -0.4 is 10.5 Å². The molecule has 0 aliphatic carbocycles. The first-order valence-corrected chi connectivity index (χ1v) is 3.69. The maximum atomic E-state index is 12.4. The molecule has 0 aromatic carbocycles. The van der Waals surface area contributed by atoms with E-state index in [2.05, 4.69) is 9.72 Å². The predicted octanol–water partition coefficient (Wildman–Crippen LogP) is 1.13. The average Bonchev–Trinajstić information content (AvgIpc) is 2.16. The summed E-state index contributed by atoms with van der Waals surface area (Å²) >= 11 is 0. The SMILES string of the molecule is COc1ccc(C(N)=O)nc1C(F)F. The summed E-state index contributed by atoms with van der Waals surface area (Å²) in [5.41, 5.74) is 4.10. The predicted molar refractivity (Wildman–Crippen MR) is 44.3 cm³/mol. The molecule has 1 heterocycles. The molecule has 0 saturated carbocycles. The fourth-order valence-corrected chi connectivity index (χ4v) is 0.928. The lowest BCUT2D eigenvalue weighted by molar-refractivity contribution is 0.0993. The third-order valence-corrected chi connectivity index (χ3v) is 1.56. The fourth-order valence-electron chi connectivity index (χ4n) is 0.928. The zero-order valence-corrected chi connectivity index (χ0v) is 7.33. The van der Waals surface area contributed by atoms with Gasteiger partial charge < -0.3 is 10.5 Å². The molecule has 0 bridgehead atoms. The molecule has 1 amide bonds. The standard InChI is InChI=1S/C8H8F2N2O2/c1-14-5-3-2-4(8(11)13)12-6(5)7(9)10/h2-3,7H,1H3,(H2,11,13). The summed E-state index contributed by atoms with van der Waals surface area (Å²) in [7, 11) is 1.24. The molecule has 4 nitrogen and oxygen atoms in total. The summed E-state index contributed by atoms with van der Waals surface area (Å²) in [5.74, 6) is -0.917. The van der Waals surface area contributed by atoms with Crippen LogP contribution in [0.1, 0.15) is 22.6 Å². The highest BCUT2D eigenvalue weighted by Gasteiger charge is 2.17. The lowest BCUT2D eigenvalue weighted by Gasteiger charge is -2.07. The first kappa shape index (κ1) is 10.4. The van der Waals surface area contributed by atoms with Crippen molar-refractivity contribution in [3.63, 3.8) is 0 Å². The summed E-state index contributed by atoms with van der Waals surface area (Å²) in [6.07, 6.45) is -2.80. The van der Waals surface area contributed by atoms with Crippen molar-refractivity contribution in [1.82, 2.24) is 4.98 Å². The van der Waals surface area contributed by atoms with Gasteiger partial charge in [-0.2, -0.15) is 0 Å². The minimum absolute atomic E-state index is 0.0648. The zero-order chi connectivity index (χ0) is 10.7. The molecular weight excluding hydrogens is 194 g/mol. The number of amides is 1. The Bertz CT molecular complexity index is 355. The highest BCUT2D eigenvalue weighted by molar-refractivity contribution is 5.90. The van der Waals surface area contributed by atoms with Gasteiger partial charge in [-0.3, -0.25) is 4.79 Å². The largest absolute Gasteiger partial charge is 0.495 e. The van der Waals surface area contributed by atoms with Crippen LogP contribution in [0.2, 0.25) is 0 Å². The Kier molecular flexibility index (Phi) is 2.95. The number of nitrogens with two attached hydrogens (primary N) is 1. The second-order valence-electron chi connectivity index (χ2n) is 2.45. The Balaban J connectivity index is 3.20. The second-order valence-corrected chi connectivity index (χ2v) is 2.45. The number of rotatable bonds is 3. The third kappa shape index (κ3) is 1.95. The minimum Gasteiger partial charge on any atom is -0.495 e. The number of halogens is 2. The van der Waals surface area contributed by atoms with Crippen LogP contribution in [0.4, 0.5) is 8.78 Å². The molecule has 0 saturated heterocycles. The number of carbonyl (C=O) groups is 1. The van der Waals surface area contributed by atoms with Crippen LogP contribution in [0.25, 0.3) is 0 Å². The summed E-state index contributed by atoms with van der Waals surface area (Å²) in [4.78, 5) is 14.0. The van der Waals surface area contributed by atoms with Gasteiger partial charge in [-0.25, -0.2) is 13.8 Å². The van der Waals surface area contributed by atoms with E-state index in [0.717, 1.165) is 0 Å². The first-order valence-electron chi connectivity index (χ1n) is 3.69. The van der Waals surface area contributed by atoms with Crippen LogP contribution in [0.15, 0.2) is 12.1 Å². The molecule has 0 atom stereocenters. The first-order chi connectivity index (χ1) is 6.56. The number of methoxy groups -OCH3 is 1. The van der Waals surface area contributed by atoms with Gasteiger partial charge in [0.15, 0.2) is 0 Å². The van der Waals surface area contributed by atoms with Crippen LogP contribution in [0.3, 0.4) is 0 Å². The molecule has 0 aliphatic rings. The molecule has 1 aromatic heterocycles. The highest BCUT2D eigenvalue weighted by Crippen LogP contribution is 2.26. The molecule has 0 radical (unpaired) electrons. The molecule has 0 fully saturated rings. The van der Waals surface area contributed by atoms with Crippen LogP contribution >= 0.6 is 0 Å². The van der Waals surface area contributed by atoms with Crippen molar-refractivity contribution in [2.24, 2.45) is 5.73 Å². The van der Waals surface area contributed by atoms with Gasteiger partial charge in [-0.1, -0.05) is 0 Å². The van der Waals surface area contributed by atoms with Crippen LogP contribution in [0, 0.1) is 0 Å². The van der Waals surface area contributed by atoms with E-state index in [1.807, 2.05) is 0 Å². The van der Waals surface area contributed by atoms with Crippen LogP contribution in [0.5, 0.6) is 5.75 Å². The Morgan fingerprint density at radius 3 is 2.64 bits per heavy atom. The van der Waals surface area contributed by atoms with Gasteiger partial charge >= 0.3 is 0 Å². The number of ether oxygens (including phenoxy) is 1. The van der Waals surface area contributed by atoms with E-state index in [4.69, 9.17) is 5.73 Å². The van der Waals surface area contributed by atoms with E-state index in [-0.39, 0.29) is 11.4 Å². The smallest absolute Gasteiger partial charge is 0.284 e. The summed E-state index contributed by atoms with van der Waals surface area (Å²) in [6, 6.07) is 2.46.